The molecule has 1 aliphatic rings. The largest absolute Gasteiger partial charge is 0.326 e. The molecule has 3 heterocycles. The molecule has 32 heavy (non-hydrogen) atoms. The monoisotopic (exact) mass is 445 g/mol. The number of piperidine rings is 1. The highest BCUT2D eigenvalue weighted by atomic mass is 35.5. The summed E-state index contributed by atoms with van der Waals surface area (Å²) in [6.45, 7) is 2.47. The molecule has 7 heteroatoms. The van der Waals surface area contributed by atoms with Crippen molar-refractivity contribution in [1.82, 2.24) is 20.1 Å². The number of aromatic nitrogens is 3. The number of anilines is 1. The fraction of sp³-hybridized carbons (Fsp3) is 0.240. The number of amides is 1. The maximum atomic E-state index is 13.1. The molecule has 1 atom stereocenters. The van der Waals surface area contributed by atoms with Crippen LogP contribution in [-0.2, 0) is 11.3 Å². The maximum absolute atomic E-state index is 13.1. The highest BCUT2D eigenvalue weighted by molar-refractivity contribution is 6.31. The number of nitrogens with one attached hydrogen (secondary N) is 2. The number of H-pyrrole nitrogens is 1. The van der Waals surface area contributed by atoms with Crippen molar-refractivity contribution in [3.63, 3.8) is 0 Å². The van der Waals surface area contributed by atoms with Gasteiger partial charge in [0.1, 0.15) is 5.69 Å². The van der Waals surface area contributed by atoms with Gasteiger partial charge in [-0.25, -0.2) is 0 Å². The average molecular weight is 446 g/mol. The van der Waals surface area contributed by atoms with Gasteiger partial charge < -0.3 is 5.32 Å². The second kappa shape index (κ2) is 9.10. The second-order valence-corrected chi connectivity index (χ2v) is 8.63. The van der Waals surface area contributed by atoms with Gasteiger partial charge in [0.25, 0.3) is 0 Å². The van der Waals surface area contributed by atoms with E-state index < -0.39 is 0 Å². The highest BCUT2D eigenvalue weighted by Gasteiger charge is 2.26. The van der Waals surface area contributed by atoms with Crippen molar-refractivity contribution in [2.45, 2.75) is 19.4 Å². The molecule has 0 aliphatic carbocycles. The molecule has 6 nitrogen and oxygen atoms in total. The van der Waals surface area contributed by atoms with E-state index in [1.54, 1.807) is 12.4 Å². The first-order valence-corrected chi connectivity index (χ1v) is 11.2. The summed E-state index contributed by atoms with van der Waals surface area (Å²) in [5, 5.41) is 12.4. The summed E-state index contributed by atoms with van der Waals surface area (Å²) in [6, 6.07) is 17.6. The summed E-state index contributed by atoms with van der Waals surface area (Å²) < 4.78 is 0. The number of hydrogen-bond donors (Lipinski definition) is 2. The Morgan fingerprint density at radius 3 is 2.84 bits per heavy atom. The lowest BCUT2D eigenvalue weighted by Gasteiger charge is -2.32. The zero-order valence-corrected chi connectivity index (χ0v) is 18.3. The van der Waals surface area contributed by atoms with Crippen molar-refractivity contribution in [3.8, 4) is 11.3 Å². The van der Waals surface area contributed by atoms with Crippen LogP contribution in [-0.4, -0.2) is 39.1 Å². The minimum absolute atomic E-state index is 0.0500. The molecule has 0 spiro atoms. The maximum Gasteiger partial charge on any atom is 0.228 e. The molecule has 2 aromatic carbocycles. The first-order chi connectivity index (χ1) is 15.7. The Morgan fingerprint density at radius 1 is 1.16 bits per heavy atom. The number of carbonyl (C=O) groups excluding carboxylic acids is 1. The Kier molecular flexibility index (Phi) is 5.88. The van der Waals surface area contributed by atoms with Gasteiger partial charge in [-0.2, -0.15) is 5.10 Å². The van der Waals surface area contributed by atoms with Crippen LogP contribution in [0.2, 0.25) is 5.02 Å². The van der Waals surface area contributed by atoms with Crippen molar-refractivity contribution < 1.29 is 4.79 Å². The van der Waals surface area contributed by atoms with Gasteiger partial charge in [-0.15, -0.1) is 0 Å². The first kappa shape index (κ1) is 20.7. The lowest BCUT2D eigenvalue weighted by molar-refractivity contribution is -0.121. The molecular formula is C25H24ClN5O. The van der Waals surface area contributed by atoms with E-state index >= 15 is 0 Å². The number of halogens is 1. The molecule has 1 saturated heterocycles. The van der Waals surface area contributed by atoms with Crippen LogP contribution in [0.4, 0.5) is 5.69 Å². The number of fused-ring (bicyclic) bond motifs is 1. The van der Waals surface area contributed by atoms with Gasteiger partial charge in [-0.3, -0.25) is 19.8 Å². The van der Waals surface area contributed by atoms with Crippen molar-refractivity contribution in [3.05, 3.63) is 77.6 Å². The molecule has 4 aromatic rings. The van der Waals surface area contributed by atoms with Gasteiger partial charge in [-0.05, 0) is 61.3 Å². The van der Waals surface area contributed by atoms with Gasteiger partial charge in [0, 0.05) is 47.1 Å². The third kappa shape index (κ3) is 4.38. The molecule has 1 unspecified atom stereocenters. The third-order valence-corrected chi connectivity index (χ3v) is 6.38. The standard InChI is InChI=1S/C25H24ClN5O/c26-22-6-2-1-4-18(22)15-31-13-3-5-19(16-31)25(32)28-20-7-8-23-21(14-20)24(30-29-23)17-9-11-27-12-10-17/h1-2,4,6-12,14,19H,3,5,13,15-16H2,(H,28,32)(H,29,30). The van der Waals surface area contributed by atoms with Crippen molar-refractivity contribution in [2.24, 2.45) is 5.92 Å². The SMILES string of the molecule is O=C(Nc1ccc2[nH]nc(-c3ccncc3)c2c1)C1CCCN(Cc2ccccc2Cl)C1. The molecule has 0 bridgehead atoms. The van der Waals surface area contributed by atoms with Crippen molar-refractivity contribution in [1.29, 1.82) is 0 Å². The van der Waals surface area contributed by atoms with Gasteiger partial charge in [0.05, 0.1) is 11.4 Å². The number of nitrogens with zero attached hydrogens (tertiary/aromatic N) is 3. The number of likely N-dealkylation sites (tertiary alicyclic amines) is 1. The molecule has 1 fully saturated rings. The molecule has 1 amide bonds. The quantitative estimate of drug-likeness (QED) is 0.446. The number of pyridine rings is 1. The van der Waals surface area contributed by atoms with E-state index in [-0.39, 0.29) is 11.8 Å². The van der Waals surface area contributed by atoms with E-state index in [1.165, 1.54) is 0 Å². The number of carbonyl (C=O) groups is 1. The molecule has 5 rings (SSSR count). The lowest BCUT2D eigenvalue weighted by atomic mass is 9.96. The highest BCUT2D eigenvalue weighted by Crippen LogP contribution is 2.29. The predicted molar refractivity (Wildman–Crippen MR) is 127 cm³/mol. The molecular weight excluding hydrogens is 422 g/mol. The van der Waals surface area contributed by atoms with E-state index in [9.17, 15) is 4.79 Å². The zero-order chi connectivity index (χ0) is 21.9. The molecule has 2 aromatic heterocycles. The fourth-order valence-corrected chi connectivity index (χ4v) is 4.54. The first-order valence-electron chi connectivity index (χ1n) is 10.8. The van der Waals surface area contributed by atoms with Crippen LogP contribution in [0, 0.1) is 5.92 Å². The Bertz CT molecular complexity index is 1240. The predicted octanol–water partition coefficient (Wildman–Crippen LogP) is 5.13. The zero-order valence-electron chi connectivity index (χ0n) is 17.6. The molecule has 162 valence electrons. The van der Waals surface area contributed by atoms with Crippen LogP contribution in [0.5, 0.6) is 0 Å². The summed E-state index contributed by atoms with van der Waals surface area (Å²) in [4.78, 5) is 19.5. The van der Waals surface area contributed by atoms with Gasteiger partial charge in [0.15, 0.2) is 0 Å². The number of aromatic amines is 1. The van der Waals surface area contributed by atoms with Crippen molar-refractivity contribution >= 4 is 34.1 Å². The van der Waals surface area contributed by atoms with E-state index in [2.05, 4.69) is 25.4 Å². The normalized spacial score (nSPS) is 16.8. The Hall–Kier alpha value is -3.22. The van der Waals surface area contributed by atoms with Crippen LogP contribution in [0.1, 0.15) is 18.4 Å². The topological polar surface area (TPSA) is 73.9 Å². The Morgan fingerprint density at radius 2 is 2.00 bits per heavy atom. The number of hydrogen-bond acceptors (Lipinski definition) is 4. The van der Waals surface area contributed by atoms with E-state index in [0.29, 0.717) is 0 Å². The Labute approximate surface area is 191 Å². The van der Waals surface area contributed by atoms with Crippen molar-refractivity contribution in [2.75, 3.05) is 18.4 Å². The summed E-state index contributed by atoms with van der Waals surface area (Å²) in [6.07, 6.45) is 5.38. The van der Waals surface area contributed by atoms with Gasteiger partial charge in [0.2, 0.25) is 5.91 Å². The third-order valence-electron chi connectivity index (χ3n) is 6.01. The van der Waals surface area contributed by atoms with E-state index in [0.717, 1.165) is 70.9 Å². The minimum Gasteiger partial charge on any atom is -0.326 e. The Balaban J connectivity index is 1.29. The lowest BCUT2D eigenvalue weighted by Crippen LogP contribution is -2.40. The fourth-order valence-electron chi connectivity index (χ4n) is 4.35. The summed E-state index contributed by atoms with van der Waals surface area (Å²) >= 11 is 6.33. The van der Waals surface area contributed by atoms with Crippen LogP contribution < -0.4 is 5.32 Å². The van der Waals surface area contributed by atoms with Crippen LogP contribution in [0.3, 0.4) is 0 Å². The number of rotatable bonds is 5. The van der Waals surface area contributed by atoms with E-state index in [1.807, 2.05) is 54.6 Å². The average Bonchev–Trinajstić information content (AvgIpc) is 3.25. The second-order valence-electron chi connectivity index (χ2n) is 8.22. The summed E-state index contributed by atoms with van der Waals surface area (Å²) in [5.41, 5.74) is 4.64. The van der Waals surface area contributed by atoms with Gasteiger partial charge >= 0.3 is 0 Å². The van der Waals surface area contributed by atoms with Gasteiger partial charge in [-0.1, -0.05) is 29.8 Å². The molecule has 0 saturated carbocycles. The summed E-state index contributed by atoms with van der Waals surface area (Å²) in [7, 11) is 0. The number of benzene rings is 2. The minimum atomic E-state index is -0.0500. The van der Waals surface area contributed by atoms with Crippen LogP contribution in [0.15, 0.2) is 67.0 Å². The smallest absolute Gasteiger partial charge is 0.228 e. The molecule has 2 N–H and O–H groups in total. The van der Waals surface area contributed by atoms with E-state index in [4.69, 9.17) is 11.6 Å². The van der Waals surface area contributed by atoms with Crippen LogP contribution >= 0.6 is 11.6 Å². The molecule has 1 aliphatic heterocycles. The summed E-state index contributed by atoms with van der Waals surface area (Å²) in [5.74, 6) is 0.00752. The van der Waals surface area contributed by atoms with Crippen LogP contribution in [0.25, 0.3) is 22.2 Å². The molecule has 0 radical (unpaired) electrons.